The van der Waals surface area contributed by atoms with Gasteiger partial charge in [-0.2, -0.15) is 0 Å². The van der Waals surface area contributed by atoms with E-state index in [4.69, 9.17) is 8.83 Å². The van der Waals surface area contributed by atoms with Crippen molar-refractivity contribution in [2.45, 2.75) is 55.4 Å². The molecule has 4 heteroatoms. The van der Waals surface area contributed by atoms with Gasteiger partial charge in [0.1, 0.15) is 22.3 Å². The maximum Gasteiger partial charge on any atom is 0.147 e. The van der Waals surface area contributed by atoms with Crippen molar-refractivity contribution in [3.8, 4) is 22.3 Å². The second-order valence-electron chi connectivity index (χ2n) is 20.9. The molecule has 0 amide bonds. The molecule has 0 aliphatic heterocycles. The van der Waals surface area contributed by atoms with Gasteiger partial charge in [0.25, 0.3) is 0 Å². The fourth-order valence-corrected chi connectivity index (χ4v) is 12.0. The minimum Gasteiger partial charge on any atom is -0.455 e. The highest BCUT2D eigenvalue weighted by atomic mass is 16.3. The van der Waals surface area contributed by atoms with Crippen molar-refractivity contribution in [3.63, 3.8) is 0 Å². The lowest BCUT2D eigenvalue weighted by Gasteiger charge is -2.27. The van der Waals surface area contributed by atoms with Crippen LogP contribution >= 0.6 is 0 Å². The Balaban J connectivity index is 1.06. The Bertz CT molecular complexity index is 3980. The van der Waals surface area contributed by atoms with Crippen molar-refractivity contribution in [2.75, 3.05) is 9.80 Å². The summed E-state index contributed by atoms with van der Waals surface area (Å²) in [6.07, 6.45) is 0. The lowest BCUT2D eigenvalue weighted by atomic mass is 9.89. The number of fused-ring (bicyclic) bond motifs is 8. The van der Waals surface area contributed by atoms with Gasteiger partial charge in [-0.15, -0.1) is 0 Å². The summed E-state index contributed by atoms with van der Waals surface area (Å²) in [5.74, 6) is 0. The van der Waals surface area contributed by atoms with Crippen LogP contribution in [0.25, 0.3) is 87.7 Å². The number of rotatable bonds is 8. The van der Waals surface area contributed by atoms with Crippen LogP contribution in [-0.4, -0.2) is 0 Å². The first kappa shape index (κ1) is 45.0. The van der Waals surface area contributed by atoms with Gasteiger partial charge in [-0.3, -0.25) is 0 Å². The summed E-state index contributed by atoms with van der Waals surface area (Å²) in [7, 11) is 0. The molecule has 2 heterocycles. The maximum atomic E-state index is 7.30. The summed E-state index contributed by atoms with van der Waals surface area (Å²) < 4.78 is 14.6. The van der Waals surface area contributed by atoms with Gasteiger partial charge in [0.2, 0.25) is 0 Å². The van der Waals surface area contributed by atoms with E-state index in [-0.39, 0.29) is 0 Å². The van der Waals surface area contributed by atoms with Gasteiger partial charge in [0.05, 0.1) is 5.56 Å². The van der Waals surface area contributed by atoms with Crippen LogP contribution in [0.5, 0.6) is 0 Å². The Morgan fingerprint density at radius 2 is 0.595 bits per heavy atom. The molecule has 0 radical (unpaired) electrons. The third-order valence-electron chi connectivity index (χ3n) is 14.7. The molecule has 0 unspecified atom stereocenters. The van der Waals surface area contributed by atoms with Gasteiger partial charge in [0, 0.05) is 61.2 Å². The number of benzene rings is 11. The van der Waals surface area contributed by atoms with E-state index in [9.17, 15) is 0 Å². The topological polar surface area (TPSA) is 32.8 Å². The van der Waals surface area contributed by atoms with Crippen LogP contribution in [0.2, 0.25) is 0 Å². The molecule has 4 nitrogen and oxygen atoms in total. The number of hydrogen-bond acceptors (Lipinski definition) is 4. The van der Waals surface area contributed by atoms with Crippen LogP contribution in [0.4, 0.5) is 34.1 Å². The van der Waals surface area contributed by atoms with Crippen molar-refractivity contribution >= 4 is 99.5 Å². The number of anilines is 6. The van der Waals surface area contributed by atoms with Crippen molar-refractivity contribution in [1.82, 2.24) is 0 Å². The van der Waals surface area contributed by atoms with Gasteiger partial charge >= 0.3 is 0 Å². The van der Waals surface area contributed by atoms with Gasteiger partial charge in [0.15, 0.2) is 0 Å². The van der Waals surface area contributed by atoms with Gasteiger partial charge in [-0.05, 0) is 230 Å². The minimum absolute atomic E-state index is 0.809. The second-order valence-corrected chi connectivity index (χ2v) is 20.9. The maximum absolute atomic E-state index is 7.30. The predicted molar refractivity (Wildman–Crippen MR) is 314 cm³/mol. The monoisotopic (exact) mass is 956 g/mol. The molecule has 2 aromatic heterocycles. The predicted octanol–water partition coefficient (Wildman–Crippen LogP) is 20.5. The van der Waals surface area contributed by atoms with Crippen LogP contribution in [-0.2, 0) is 0 Å². The van der Waals surface area contributed by atoms with Crippen LogP contribution < -0.4 is 9.80 Å². The molecule has 0 spiro atoms. The van der Waals surface area contributed by atoms with Gasteiger partial charge in [-0.25, -0.2) is 0 Å². The molecule has 13 aromatic rings. The van der Waals surface area contributed by atoms with Crippen LogP contribution in [0, 0.1) is 55.4 Å². The molecule has 0 bridgehead atoms. The number of hydrogen-bond donors (Lipinski definition) is 0. The molecule has 0 N–H and O–H groups in total. The summed E-state index contributed by atoms with van der Waals surface area (Å²) in [4.78, 5) is 4.78. The molecule has 358 valence electrons. The normalized spacial score (nSPS) is 11.8. The highest BCUT2D eigenvalue weighted by Crippen LogP contribution is 2.52. The smallest absolute Gasteiger partial charge is 0.147 e. The van der Waals surface area contributed by atoms with E-state index in [2.05, 4.69) is 259 Å². The van der Waals surface area contributed by atoms with E-state index >= 15 is 0 Å². The molecular weight excluding hydrogens is 901 g/mol. The highest BCUT2D eigenvalue weighted by Gasteiger charge is 2.28. The fraction of sp³-hybridized carbons (Fsp3) is 0.114. The zero-order valence-electron chi connectivity index (χ0n) is 43.2. The first-order valence-electron chi connectivity index (χ1n) is 25.7. The Hall–Kier alpha value is -8.86. The largest absolute Gasteiger partial charge is 0.455 e. The van der Waals surface area contributed by atoms with Crippen molar-refractivity contribution in [1.29, 1.82) is 0 Å². The molecule has 0 atom stereocenters. The molecule has 0 aliphatic rings. The minimum atomic E-state index is 0.809. The van der Waals surface area contributed by atoms with E-state index in [1.807, 2.05) is 0 Å². The third kappa shape index (κ3) is 7.77. The molecule has 0 saturated heterocycles. The van der Waals surface area contributed by atoms with Crippen molar-refractivity contribution < 1.29 is 8.83 Å². The highest BCUT2D eigenvalue weighted by molar-refractivity contribution is 6.31. The lowest BCUT2D eigenvalue weighted by molar-refractivity contribution is 0.658. The summed E-state index contributed by atoms with van der Waals surface area (Å²) in [5.41, 5.74) is 24.0. The molecule has 0 aliphatic carbocycles. The van der Waals surface area contributed by atoms with Crippen molar-refractivity contribution in [3.05, 3.63) is 239 Å². The Morgan fingerprint density at radius 3 is 0.932 bits per heavy atom. The van der Waals surface area contributed by atoms with E-state index in [1.54, 1.807) is 0 Å². The van der Waals surface area contributed by atoms with Gasteiger partial charge < -0.3 is 18.6 Å². The molecule has 13 rings (SSSR count). The van der Waals surface area contributed by atoms with Crippen LogP contribution in [0.15, 0.2) is 203 Å². The fourth-order valence-electron chi connectivity index (χ4n) is 12.0. The van der Waals surface area contributed by atoms with E-state index in [0.717, 1.165) is 122 Å². The summed E-state index contributed by atoms with van der Waals surface area (Å²) in [5, 5.41) is 8.76. The van der Waals surface area contributed by atoms with E-state index in [1.165, 1.54) is 44.5 Å². The summed E-state index contributed by atoms with van der Waals surface area (Å²) >= 11 is 0. The number of nitrogens with zero attached hydrogens (tertiary/aromatic N) is 2. The van der Waals surface area contributed by atoms with E-state index < -0.39 is 0 Å². The summed E-state index contributed by atoms with van der Waals surface area (Å²) in [6, 6.07) is 71.4. The number of furan rings is 2. The average Bonchev–Trinajstić information content (AvgIpc) is 3.94. The molecular formula is C70H56N2O2. The van der Waals surface area contributed by atoms with Crippen molar-refractivity contribution in [2.24, 2.45) is 0 Å². The molecule has 74 heavy (non-hydrogen) atoms. The quantitative estimate of drug-likeness (QED) is 0.152. The Kier molecular flexibility index (Phi) is 10.6. The van der Waals surface area contributed by atoms with Crippen LogP contribution in [0.1, 0.15) is 44.5 Å². The number of aryl methyl sites for hydroxylation is 8. The zero-order valence-corrected chi connectivity index (χ0v) is 43.2. The molecule has 0 saturated carbocycles. The zero-order chi connectivity index (χ0) is 50.5. The Morgan fingerprint density at radius 1 is 0.270 bits per heavy atom. The SMILES string of the molecule is Cc1cc(C)cc(N(c2cc(C)cc(C)c2)c2ccc3cc4c(cc3c2)oc2c(-c3ccccc3)c3oc5cc6cc(N(c7cc(C)cc(C)c7)c7cc(C)cc(C)c7)ccc6cc5c3c(-c3ccccc3)c24)c1. The van der Waals surface area contributed by atoms with Gasteiger partial charge in [-0.1, -0.05) is 97.1 Å². The third-order valence-corrected chi connectivity index (χ3v) is 14.7. The molecule has 0 fully saturated rings. The first-order chi connectivity index (χ1) is 35.9. The van der Waals surface area contributed by atoms with Crippen LogP contribution in [0.3, 0.4) is 0 Å². The van der Waals surface area contributed by atoms with E-state index in [0.29, 0.717) is 0 Å². The Labute approximate surface area is 432 Å². The standard InChI is InChI=1S/C70H56N2O2/c1-41-23-42(2)28-57(27-41)71(58-29-43(3)24-44(4)30-58)55-21-19-51-37-61-63(39-53(51)35-55)73-69-66(50-17-13-10-14-18-50)70-68(65(67(61)69)49-15-11-9-12-16-49)62-38-52-20-22-56(36-54(52)40-64(62)74-70)72(59-31-45(5)25-46(6)32-59)60-33-47(7)26-48(8)34-60/h9-40H,1-8H3. The summed E-state index contributed by atoms with van der Waals surface area (Å²) in [6.45, 7) is 17.4. The lowest BCUT2D eigenvalue weighted by Crippen LogP contribution is -2.11. The molecule has 11 aromatic carbocycles. The average molecular weight is 957 g/mol. The first-order valence-corrected chi connectivity index (χ1v) is 25.7. The second kappa shape index (κ2) is 17.4.